The van der Waals surface area contributed by atoms with E-state index in [4.69, 9.17) is 34.6 Å². The van der Waals surface area contributed by atoms with Gasteiger partial charge < -0.3 is 4.74 Å². The van der Waals surface area contributed by atoms with Gasteiger partial charge in [0.05, 0.1) is 5.56 Å². The molecule has 2 aromatic heterocycles. The van der Waals surface area contributed by atoms with Crippen LogP contribution in [0.4, 0.5) is 13.2 Å². The minimum absolute atomic E-state index is 0.416. The third kappa shape index (κ3) is 7.36. The number of halogens is 3. The Labute approximate surface area is 355 Å². The highest BCUT2D eigenvalue weighted by atomic mass is 19.4. The van der Waals surface area contributed by atoms with Gasteiger partial charge in [0.1, 0.15) is 11.4 Å². The third-order valence-corrected chi connectivity index (χ3v) is 10.9. The van der Waals surface area contributed by atoms with Gasteiger partial charge in [-0.15, -0.1) is 0 Å². The van der Waals surface area contributed by atoms with E-state index >= 15 is 0 Å². The Morgan fingerprint density at radius 3 is 1.24 bits per heavy atom. The second kappa shape index (κ2) is 15.3. The van der Waals surface area contributed by atoms with Crippen molar-refractivity contribution in [2.75, 3.05) is 0 Å². The Balaban J connectivity index is 1.19. The Morgan fingerprint density at radius 2 is 0.774 bits per heavy atom. The first-order valence-corrected chi connectivity index (χ1v) is 20.0. The summed E-state index contributed by atoms with van der Waals surface area (Å²) in [5.74, 6) is 3.45. The summed E-state index contributed by atoms with van der Waals surface area (Å²) >= 11 is 0. The number of benzene rings is 7. The van der Waals surface area contributed by atoms with Gasteiger partial charge in [0, 0.05) is 44.5 Å². The molecule has 0 saturated carbocycles. The van der Waals surface area contributed by atoms with Gasteiger partial charge in [-0.3, -0.25) is 0 Å². The van der Waals surface area contributed by atoms with Crippen molar-refractivity contribution in [2.45, 2.75) is 25.6 Å². The number of hydrogen-bond acceptors (Lipinski definition) is 7. The van der Waals surface area contributed by atoms with Gasteiger partial charge in [0.2, 0.25) is 0 Å². The van der Waals surface area contributed by atoms with Crippen LogP contribution in [0.3, 0.4) is 0 Å². The zero-order valence-electron chi connectivity index (χ0n) is 33.5. The minimum Gasteiger partial charge on any atom is -0.482 e. The van der Waals surface area contributed by atoms with Gasteiger partial charge in [-0.25, -0.2) is 29.9 Å². The van der Waals surface area contributed by atoms with Gasteiger partial charge in [0.25, 0.3) is 0 Å². The van der Waals surface area contributed by atoms with Crippen molar-refractivity contribution in [3.05, 3.63) is 187 Å². The average Bonchev–Trinajstić information content (AvgIpc) is 3.31. The number of ether oxygens (including phenoxy) is 1. The molecule has 0 aliphatic carbocycles. The maximum absolute atomic E-state index is 13.8. The minimum atomic E-state index is -4.48. The molecule has 0 radical (unpaired) electrons. The molecule has 0 spiro atoms. The summed E-state index contributed by atoms with van der Waals surface area (Å²) in [4.78, 5) is 30.1. The Morgan fingerprint density at radius 1 is 0.371 bits per heavy atom. The van der Waals surface area contributed by atoms with Gasteiger partial charge in [-0.1, -0.05) is 152 Å². The molecule has 9 aromatic rings. The number of alkyl halides is 3. The molecule has 0 unspecified atom stereocenters. The van der Waals surface area contributed by atoms with E-state index in [9.17, 15) is 13.2 Å². The molecule has 7 aromatic carbocycles. The maximum Gasteiger partial charge on any atom is 0.416 e. The largest absolute Gasteiger partial charge is 0.482 e. The van der Waals surface area contributed by atoms with Crippen LogP contribution in [0, 0.1) is 0 Å². The Hall–Kier alpha value is -7.85. The predicted molar refractivity (Wildman–Crippen MR) is 235 cm³/mol. The topological polar surface area (TPSA) is 86.6 Å². The van der Waals surface area contributed by atoms with Crippen molar-refractivity contribution < 1.29 is 17.9 Å². The lowest BCUT2D eigenvalue weighted by atomic mass is 9.84. The van der Waals surface area contributed by atoms with Crippen LogP contribution in [0.2, 0.25) is 0 Å². The highest BCUT2D eigenvalue weighted by Crippen LogP contribution is 2.49. The van der Waals surface area contributed by atoms with Crippen molar-refractivity contribution in [3.63, 3.8) is 0 Å². The lowest BCUT2D eigenvalue weighted by Crippen LogP contribution is -2.30. The van der Waals surface area contributed by atoms with Crippen molar-refractivity contribution in [1.82, 2.24) is 29.9 Å². The van der Waals surface area contributed by atoms with Crippen molar-refractivity contribution in [3.8, 4) is 96.3 Å². The normalized spacial score (nSPS) is 12.9. The summed E-state index contributed by atoms with van der Waals surface area (Å²) in [6.45, 7) is 3.57. The Kier molecular flexibility index (Phi) is 9.48. The summed E-state index contributed by atoms with van der Waals surface area (Å²) in [5.41, 5.74) is 6.33. The van der Waals surface area contributed by atoms with Crippen molar-refractivity contribution in [2.24, 2.45) is 0 Å². The lowest BCUT2D eigenvalue weighted by Gasteiger charge is -2.35. The van der Waals surface area contributed by atoms with Gasteiger partial charge in [0.15, 0.2) is 34.9 Å². The van der Waals surface area contributed by atoms with Crippen LogP contribution in [0.25, 0.3) is 90.6 Å². The van der Waals surface area contributed by atoms with Gasteiger partial charge >= 0.3 is 6.18 Å². The van der Waals surface area contributed by atoms with E-state index in [-0.39, 0.29) is 0 Å². The number of aromatic nitrogens is 6. The zero-order valence-corrected chi connectivity index (χ0v) is 33.5. The smallest absolute Gasteiger partial charge is 0.416 e. The summed E-state index contributed by atoms with van der Waals surface area (Å²) in [5, 5.41) is 0. The molecular formula is C52H35F3N6O. The molecule has 0 atom stereocenters. The number of rotatable bonds is 7. The lowest BCUT2D eigenvalue weighted by molar-refractivity contribution is -0.137. The second-order valence-corrected chi connectivity index (χ2v) is 15.4. The molecule has 0 amide bonds. The molecule has 62 heavy (non-hydrogen) atoms. The molecule has 10 heteroatoms. The second-order valence-electron chi connectivity index (χ2n) is 15.4. The zero-order chi connectivity index (χ0) is 42.4. The highest BCUT2D eigenvalue weighted by molar-refractivity contribution is 5.88. The fourth-order valence-corrected chi connectivity index (χ4v) is 7.77. The first-order chi connectivity index (χ1) is 30.1. The molecule has 1 aliphatic rings. The van der Waals surface area contributed by atoms with Crippen LogP contribution in [0.15, 0.2) is 176 Å². The fourth-order valence-electron chi connectivity index (χ4n) is 7.77. The van der Waals surface area contributed by atoms with E-state index in [0.29, 0.717) is 68.5 Å². The Bertz CT molecular complexity index is 2990. The van der Waals surface area contributed by atoms with E-state index in [1.807, 2.05) is 158 Å². The monoisotopic (exact) mass is 816 g/mol. The summed E-state index contributed by atoms with van der Waals surface area (Å²) in [6, 6.07) is 54.6. The van der Waals surface area contributed by atoms with E-state index in [1.54, 1.807) is 13.8 Å². The van der Waals surface area contributed by atoms with Crippen LogP contribution in [0.1, 0.15) is 25.0 Å². The number of hydrogen-bond donors (Lipinski definition) is 0. The number of nitrogens with zero attached hydrogens (tertiary/aromatic N) is 6. The summed E-state index contributed by atoms with van der Waals surface area (Å²) < 4.78 is 48.0. The fraction of sp³-hybridized carbons (Fsp3) is 0.0769. The highest BCUT2D eigenvalue weighted by Gasteiger charge is 2.37. The molecule has 10 rings (SSSR count). The van der Waals surface area contributed by atoms with E-state index in [1.165, 1.54) is 12.1 Å². The summed E-state index contributed by atoms with van der Waals surface area (Å²) in [6.07, 6.45) is -4.48. The first kappa shape index (κ1) is 38.4. The van der Waals surface area contributed by atoms with E-state index in [0.717, 1.165) is 39.4 Å². The molecular weight excluding hydrogens is 782 g/mol. The van der Waals surface area contributed by atoms with Crippen LogP contribution >= 0.6 is 0 Å². The van der Waals surface area contributed by atoms with Gasteiger partial charge in [-0.2, -0.15) is 13.2 Å². The van der Waals surface area contributed by atoms with Crippen molar-refractivity contribution >= 4 is 0 Å². The molecule has 3 heterocycles. The molecule has 0 fully saturated rings. The van der Waals surface area contributed by atoms with Crippen LogP contribution < -0.4 is 4.74 Å². The molecule has 0 N–H and O–H groups in total. The summed E-state index contributed by atoms with van der Waals surface area (Å²) in [7, 11) is 0. The van der Waals surface area contributed by atoms with Crippen LogP contribution in [-0.2, 0) is 11.8 Å². The number of fused-ring (bicyclic) bond motifs is 3. The van der Waals surface area contributed by atoms with Crippen molar-refractivity contribution in [1.29, 1.82) is 0 Å². The molecule has 300 valence electrons. The SMILES string of the molecule is CC1(C)Oc2cc(-c3ccc(-c4nc(-c5ccccc5)nc(-c5ccccc5)n4)cc3-c3nc(-c4ccccc4)nc(-c4ccccc4)n3)ccc2-c2ccc(C(F)(F)F)cc21. The van der Waals surface area contributed by atoms with E-state index in [2.05, 4.69) is 0 Å². The molecule has 1 aliphatic heterocycles. The van der Waals surface area contributed by atoms with E-state index < -0.39 is 17.3 Å². The van der Waals surface area contributed by atoms with Crippen LogP contribution in [0.5, 0.6) is 5.75 Å². The van der Waals surface area contributed by atoms with Gasteiger partial charge in [-0.05, 0) is 54.8 Å². The standard InChI is InChI=1S/C52H35F3N6O/c1-51(2)43-31-38(52(53,54)55)25-28-40(43)41-27-23-36(30-44(41)62-51)39-26-24-37(49-58-45(32-15-7-3-8-16-32)56-46(59-49)33-17-9-4-10-18-33)29-42(39)50-60-47(34-19-11-5-12-20-34)57-48(61-50)35-21-13-6-14-22-35/h3-31H,1-2H3. The molecule has 7 nitrogen and oxygen atoms in total. The van der Waals surface area contributed by atoms with Crippen LogP contribution in [-0.4, -0.2) is 29.9 Å². The first-order valence-electron chi connectivity index (χ1n) is 20.0. The quantitative estimate of drug-likeness (QED) is 0.158. The molecule has 0 saturated heterocycles. The molecule has 0 bridgehead atoms. The average molecular weight is 817 g/mol. The predicted octanol–water partition coefficient (Wildman–Crippen LogP) is 13.0. The third-order valence-electron chi connectivity index (χ3n) is 10.9. The maximum atomic E-state index is 13.8.